The molecule has 0 atom stereocenters. The maximum absolute atomic E-state index is 9.30. The van der Waals surface area contributed by atoms with Gasteiger partial charge in [-0.25, -0.2) is 4.98 Å². The number of rotatable bonds is 7. The average molecular weight is 263 g/mol. The summed E-state index contributed by atoms with van der Waals surface area (Å²) in [4.78, 5) is 6.69. The number of hydrogen-bond donors (Lipinski definition) is 2. The summed E-state index contributed by atoms with van der Waals surface area (Å²) in [6.07, 6.45) is 4.90. The molecule has 1 saturated carbocycles. The van der Waals surface area contributed by atoms with E-state index in [9.17, 15) is 5.11 Å². The van der Waals surface area contributed by atoms with Crippen LogP contribution in [0.5, 0.6) is 0 Å². The maximum Gasteiger partial charge on any atom is 0.128 e. The van der Waals surface area contributed by atoms with E-state index in [0.717, 1.165) is 44.7 Å². The molecule has 19 heavy (non-hydrogen) atoms. The molecule has 0 saturated heterocycles. The van der Waals surface area contributed by atoms with E-state index in [1.807, 2.05) is 6.20 Å². The standard InChI is InChI=1S/C15H25N3O/c1-3-6-16-9-12-4-5-15(17-10-12)18(2)11-13-7-14(19)8-13/h4-5,10,13-14,16,19H,3,6-9,11H2,1-2H3. The Balaban J connectivity index is 1.80. The van der Waals surface area contributed by atoms with Gasteiger partial charge in [-0.1, -0.05) is 13.0 Å². The fourth-order valence-electron chi connectivity index (χ4n) is 2.49. The largest absolute Gasteiger partial charge is 0.393 e. The molecule has 0 spiro atoms. The van der Waals surface area contributed by atoms with Crippen molar-refractivity contribution in [1.29, 1.82) is 0 Å². The fraction of sp³-hybridized carbons (Fsp3) is 0.667. The van der Waals surface area contributed by atoms with Crippen LogP contribution in [-0.4, -0.2) is 36.3 Å². The quantitative estimate of drug-likeness (QED) is 0.736. The molecule has 106 valence electrons. The molecule has 0 aliphatic heterocycles. The van der Waals surface area contributed by atoms with E-state index in [4.69, 9.17) is 0 Å². The van der Waals surface area contributed by atoms with Crippen molar-refractivity contribution in [3.05, 3.63) is 23.9 Å². The third kappa shape index (κ3) is 4.18. The van der Waals surface area contributed by atoms with Gasteiger partial charge in [-0.15, -0.1) is 0 Å². The second-order valence-electron chi connectivity index (χ2n) is 5.57. The molecule has 4 heteroatoms. The number of aliphatic hydroxyl groups excluding tert-OH is 1. The average Bonchev–Trinajstić information content (AvgIpc) is 2.38. The minimum absolute atomic E-state index is 0.0709. The Morgan fingerprint density at radius 3 is 2.79 bits per heavy atom. The van der Waals surface area contributed by atoms with Crippen LogP contribution >= 0.6 is 0 Å². The Morgan fingerprint density at radius 1 is 1.42 bits per heavy atom. The molecule has 4 nitrogen and oxygen atoms in total. The smallest absolute Gasteiger partial charge is 0.128 e. The molecule has 0 amide bonds. The monoisotopic (exact) mass is 263 g/mol. The zero-order valence-corrected chi connectivity index (χ0v) is 12.0. The molecule has 1 fully saturated rings. The number of nitrogens with zero attached hydrogens (tertiary/aromatic N) is 2. The first-order chi connectivity index (χ1) is 9.19. The van der Waals surface area contributed by atoms with Gasteiger partial charge in [0.05, 0.1) is 6.10 Å². The van der Waals surface area contributed by atoms with E-state index in [-0.39, 0.29) is 6.10 Å². The van der Waals surface area contributed by atoms with E-state index in [1.165, 1.54) is 5.56 Å². The highest BCUT2D eigenvalue weighted by molar-refractivity contribution is 5.38. The second kappa shape index (κ2) is 6.87. The Labute approximate surface area is 115 Å². The third-order valence-corrected chi connectivity index (χ3v) is 3.70. The minimum atomic E-state index is -0.0709. The Kier molecular flexibility index (Phi) is 5.16. The van der Waals surface area contributed by atoms with Gasteiger partial charge in [-0.3, -0.25) is 0 Å². The summed E-state index contributed by atoms with van der Waals surface area (Å²) in [6.45, 7) is 5.09. The summed E-state index contributed by atoms with van der Waals surface area (Å²) in [5.74, 6) is 1.63. The van der Waals surface area contributed by atoms with Crippen molar-refractivity contribution >= 4 is 5.82 Å². The summed E-state index contributed by atoms with van der Waals surface area (Å²) in [7, 11) is 2.07. The van der Waals surface area contributed by atoms with Crippen molar-refractivity contribution in [3.8, 4) is 0 Å². The van der Waals surface area contributed by atoms with Crippen LogP contribution in [0, 0.1) is 5.92 Å². The SMILES string of the molecule is CCCNCc1ccc(N(C)CC2CC(O)C2)nc1. The highest BCUT2D eigenvalue weighted by Crippen LogP contribution is 2.28. The van der Waals surface area contributed by atoms with Gasteiger partial charge in [0, 0.05) is 26.3 Å². The van der Waals surface area contributed by atoms with Crippen LogP contribution < -0.4 is 10.2 Å². The molecule has 1 aliphatic rings. The van der Waals surface area contributed by atoms with Crippen molar-refractivity contribution in [3.63, 3.8) is 0 Å². The number of hydrogen-bond acceptors (Lipinski definition) is 4. The predicted octanol–water partition coefficient (Wildman–Crippen LogP) is 1.79. The molecule has 2 N–H and O–H groups in total. The van der Waals surface area contributed by atoms with Crippen LogP contribution in [0.25, 0.3) is 0 Å². The lowest BCUT2D eigenvalue weighted by molar-refractivity contribution is 0.0464. The number of aromatic nitrogens is 1. The van der Waals surface area contributed by atoms with E-state index in [1.54, 1.807) is 0 Å². The predicted molar refractivity (Wildman–Crippen MR) is 78.2 cm³/mol. The van der Waals surface area contributed by atoms with Crippen LogP contribution in [-0.2, 0) is 6.54 Å². The molecule has 1 aromatic heterocycles. The van der Waals surface area contributed by atoms with E-state index < -0.39 is 0 Å². The number of pyridine rings is 1. The lowest BCUT2D eigenvalue weighted by Crippen LogP contribution is -2.37. The molecule has 1 heterocycles. The Morgan fingerprint density at radius 2 is 2.21 bits per heavy atom. The minimum Gasteiger partial charge on any atom is -0.393 e. The van der Waals surface area contributed by atoms with Gasteiger partial charge in [0.15, 0.2) is 0 Å². The van der Waals surface area contributed by atoms with Crippen molar-refractivity contribution in [2.45, 2.75) is 38.8 Å². The third-order valence-electron chi connectivity index (χ3n) is 3.70. The topological polar surface area (TPSA) is 48.4 Å². The maximum atomic E-state index is 9.30. The van der Waals surface area contributed by atoms with Crippen molar-refractivity contribution in [2.75, 3.05) is 25.0 Å². The first-order valence-corrected chi connectivity index (χ1v) is 7.24. The fourth-order valence-corrected chi connectivity index (χ4v) is 2.49. The summed E-state index contributed by atoms with van der Waals surface area (Å²) < 4.78 is 0. The normalized spacial score (nSPS) is 22.1. The molecule has 0 bridgehead atoms. The van der Waals surface area contributed by atoms with Crippen LogP contribution in [0.1, 0.15) is 31.7 Å². The summed E-state index contributed by atoms with van der Waals surface area (Å²) >= 11 is 0. The zero-order valence-electron chi connectivity index (χ0n) is 12.0. The van der Waals surface area contributed by atoms with Crippen molar-refractivity contribution < 1.29 is 5.11 Å². The number of anilines is 1. The molecule has 0 unspecified atom stereocenters. The van der Waals surface area contributed by atoms with Gasteiger partial charge < -0.3 is 15.3 Å². The van der Waals surface area contributed by atoms with Crippen LogP contribution in [0.15, 0.2) is 18.3 Å². The molecular weight excluding hydrogens is 238 g/mol. The summed E-state index contributed by atoms with van der Waals surface area (Å²) in [5, 5.41) is 12.7. The van der Waals surface area contributed by atoms with E-state index in [2.05, 4.69) is 41.3 Å². The number of aliphatic hydroxyl groups is 1. The summed E-state index contributed by atoms with van der Waals surface area (Å²) in [6, 6.07) is 4.22. The molecule has 1 aromatic rings. The highest BCUT2D eigenvalue weighted by atomic mass is 16.3. The Hall–Kier alpha value is -1.13. The van der Waals surface area contributed by atoms with Crippen LogP contribution in [0.2, 0.25) is 0 Å². The van der Waals surface area contributed by atoms with Crippen LogP contribution in [0.3, 0.4) is 0 Å². The number of nitrogens with one attached hydrogen (secondary N) is 1. The van der Waals surface area contributed by atoms with Gasteiger partial charge in [-0.05, 0) is 43.4 Å². The first-order valence-electron chi connectivity index (χ1n) is 7.24. The van der Waals surface area contributed by atoms with Crippen molar-refractivity contribution in [1.82, 2.24) is 10.3 Å². The molecule has 0 aromatic carbocycles. The van der Waals surface area contributed by atoms with Gasteiger partial charge >= 0.3 is 0 Å². The molecule has 0 radical (unpaired) electrons. The zero-order chi connectivity index (χ0) is 13.7. The van der Waals surface area contributed by atoms with Crippen molar-refractivity contribution in [2.24, 2.45) is 5.92 Å². The lowest BCUT2D eigenvalue weighted by atomic mass is 9.82. The molecular formula is C15H25N3O. The van der Waals surface area contributed by atoms with E-state index >= 15 is 0 Å². The van der Waals surface area contributed by atoms with Gasteiger partial charge in [0.2, 0.25) is 0 Å². The lowest BCUT2D eigenvalue weighted by Gasteiger charge is -2.34. The first kappa shape index (κ1) is 14.3. The van der Waals surface area contributed by atoms with E-state index in [0.29, 0.717) is 5.92 Å². The summed E-state index contributed by atoms with van der Waals surface area (Å²) in [5.41, 5.74) is 1.23. The highest BCUT2D eigenvalue weighted by Gasteiger charge is 2.28. The van der Waals surface area contributed by atoms with Gasteiger partial charge in [0.1, 0.15) is 5.82 Å². The Bertz CT molecular complexity index is 373. The van der Waals surface area contributed by atoms with Gasteiger partial charge in [0.25, 0.3) is 0 Å². The molecule has 2 rings (SSSR count). The van der Waals surface area contributed by atoms with Gasteiger partial charge in [-0.2, -0.15) is 0 Å². The second-order valence-corrected chi connectivity index (χ2v) is 5.57. The van der Waals surface area contributed by atoms with Crippen LogP contribution in [0.4, 0.5) is 5.82 Å². The molecule has 1 aliphatic carbocycles.